The van der Waals surface area contributed by atoms with Crippen LogP contribution in [-0.4, -0.2) is 10.8 Å². The molecule has 0 bridgehead atoms. The number of pyridine rings is 1. The fraction of sp³-hybridized carbons (Fsp3) is 0.727. The van der Waals surface area contributed by atoms with E-state index in [-0.39, 0.29) is 5.78 Å². The summed E-state index contributed by atoms with van der Waals surface area (Å²) in [4.78, 5) is 15.9. The van der Waals surface area contributed by atoms with Crippen molar-refractivity contribution in [3.8, 4) is 0 Å². The minimum atomic E-state index is 0.238. The second kappa shape index (κ2) is 15.4. The summed E-state index contributed by atoms with van der Waals surface area (Å²) in [5, 5.41) is 0. The van der Waals surface area contributed by atoms with Gasteiger partial charge in [-0.3, -0.25) is 9.78 Å². The molecule has 2 nitrogen and oxygen atoms in total. The van der Waals surface area contributed by atoms with Crippen molar-refractivity contribution in [3.63, 3.8) is 0 Å². The third-order valence-electron chi connectivity index (χ3n) is 4.74. The molecule has 0 aromatic carbocycles. The monoisotopic (exact) mass is 331 g/mol. The molecule has 0 aliphatic rings. The molecule has 1 rings (SSSR count). The number of hydrogen-bond acceptors (Lipinski definition) is 2. The minimum absolute atomic E-state index is 0.238. The Labute approximate surface area is 149 Å². The third-order valence-corrected chi connectivity index (χ3v) is 4.74. The van der Waals surface area contributed by atoms with Gasteiger partial charge in [-0.15, -0.1) is 0 Å². The van der Waals surface area contributed by atoms with Gasteiger partial charge in [-0.1, -0.05) is 90.4 Å². The maximum absolute atomic E-state index is 11.9. The Balaban J connectivity index is 1.80. The van der Waals surface area contributed by atoms with Gasteiger partial charge in [0.2, 0.25) is 0 Å². The normalized spacial score (nSPS) is 10.9. The molecule has 2 heteroatoms. The molecule has 0 atom stereocenters. The summed E-state index contributed by atoms with van der Waals surface area (Å²) >= 11 is 0. The Morgan fingerprint density at radius 3 is 1.75 bits per heavy atom. The van der Waals surface area contributed by atoms with E-state index in [9.17, 15) is 4.79 Å². The van der Waals surface area contributed by atoms with Gasteiger partial charge in [-0.05, 0) is 18.6 Å². The molecule has 0 unspecified atom stereocenters. The number of Topliss-reactive ketones (excluding diaryl/α,β-unsaturated/α-hetero) is 1. The SMILES string of the molecule is CCCCCCCCCCCCCCCCC(=O)c1cccnc1. The molecule has 1 heterocycles. The maximum Gasteiger partial charge on any atom is 0.164 e. The quantitative estimate of drug-likeness (QED) is 0.238. The highest BCUT2D eigenvalue weighted by molar-refractivity contribution is 5.95. The predicted molar refractivity (Wildman–Crippen MR) is 103 cm³/mol. The zero-order valence-corrected chi connectivity index (χ0v) is 15.8. The molecule has 0 spiro atoms. The van der Waals surface area contributed by atoms with Crippen molar-refractivity contribution >= 4 is 5.78 Å². The average molecular weight is 332 g/mol. The van der Waals surface area contributed by atoms with Crippen molar-refractivity contribution < 1.29 is 4.79 Å². The number of rotatable bonds is 16. The number of carbonyl (C=O) groups excluding carboxylic acids is 1. The maximum atomic E-state index is 11.9. The largest absolute Gasteiger partial charge is 0.294 e. The third kappa shape index (κ3) is 11.4. The highest BCUT2D eigenvalue weighted by Crippen LogP contribution is 2.14. The average Bonchev–Trinajstić information content (AvgIpc) is 2.62. The van der Waals surface area contributed by atoms with E-state index in [1.807, 2.05) is 12.1 Å². The Kier molecular flexibility index (Phi) is 13.3. The van der Waals surface area contributed by atoms with Gasteiger partial charge in [0.1, 0.15) is 0 Å². The number of unbranched alkanes of at least 4 members (excludes halogenated alkanes) is 13. The summed E-state index contributed by atoms with van der Waals surface area (Å²) in [6, 6.07) is 3.69. The first-order chi connectivity index (χ1) is 11.8. The molecule has 0 amide bonds. The van der Waals surface area contributed by atoms with E-state index in [0.29, 0.717) is 6.42 Å². The van der Waals surface area contributed by atoms with Crippen molar-refractivity contribution in [2.75, 3.05) is 0 Å². The van der Waals surface area contributed by atoms with Crippen molar-refractivity contribution in [2.24, 2.45) is 0 Å². The molecular weight excluding hydrogens is 294 g/mol. The fourth-order valence-corrected chi connectivity index (χ4v) is 3.15. The lowest BCUT2D eigenvalue weighted by Crippen LogP contribution is -1.99. The van der Waals surface area contributed by atoms with Gasteiger partial charge >= 0.3 is 0 Å². The van der Waals surface area contributed by atoms with E-state index >= 15 is 0 Å². The lowest BCUT2D eigenvalue weighted by atomic mass is 10.0. The molecule has 0 radical (unpaired) electrons. The summed E-state index contributed by atoms with van der Waals surface area (Å²) in [5.41, 5.74) is 0.757. The fourth-order valence-electron chi connectivity index (χ4n) is 3.15. The Morgan fingerprint density at radius 1 is 0.792 bits per heavy atom. The smallest absolute Gasteiger partial charge is 0.164 e. The summed E-state index contributed by atoms with van der Waals surface area (Å²) < 4.78 is 0. The van der Waals surface area contributed by atoms with E-state index in [1.165, 1.54) is 83.5 Å². The Bertz CT molecular complexity index is 402. The van der Waals surface area contributed by atoms with Crippen LogP contribution in [0.25, 0.3) is 0 Å². The van der Waals surface area contributed by atoms with E-state index < -0.39 is 0 Å². The van der Waals surface area contributed by atoms with Crippen LogP contribution in [0.2, 0.25) is 0 Å². The molecule has 0 saturated heterocycles. The predicted octanol–water partition coefficient (Wildman–Crippen LogP) is 7.14. The van der Waals surface area contributed by atoms with Crippen molar-refractivity contribution in [3.05, 3.63) is 30.1 Å². The van der Waals surface area contributed by atoms with Gasteiger partial charge in [0, 0.05) is 24.4 Å². The van der Waals surface area contributed by atoms with Gasteiger partial charge in [0.25, 0.3) is 0 Å². The highest BCUT2D eigenvalue weighted by atomic mass is 16.1. The molecule has 136 valence electrons. The van der Waals surface area contributed by atoms with Gasteiger partial charge in [-0.2, -0.15) is 0 Å². The first kappa shape index (κ1) is 20.9. The number of ketones is 1. The van der Waals surface area contributed by atoms with Gasteiger partial charge in [0.15, 0.2) is 5.78 Å². The first-order valence-electron chi connectivity index (χ1n) is 10.3. The number of carbonyl (C=O) groups is 1. The summed E-state index contributed by atoms with van der Waals surface area (Å²) in [6.45, 7) is 2.28. The molecule has 0 aliphatic heterocycles. The first-order valence-corrected chi connectivity index (χ1v) is 10.3. The van der Waals surface area contributed by atoms with Gasteiger partial charge < -0.3 is 0 Å². The highest BCUT2D eigenvalue weighted by Gasteiger charge is 2.04. The summed E-state index contributed by atoms with van der Waals surface area (Å²) in [5.74, 6) is 0.238. The number of aromatic nitrogens is 1. The molecule has 1 aromatic rings. The minimum Gasteiger partial charge on any atom is -0.294 e. The van der Waals surface area contributed by atoms with E-state index in [2.05, 4.69) is 11.9 Å². The lowest BCUT2D eigenvalue weighted by molar-refractivity contribution is 0.0978. The molecule has 0 saturated carbocycles. The molecule has 1 aromatic heterocycles. The van der Waals surface area contributed by atoms with E-state index in [1.54, 1.807) is 12.4 Å². The number of nitrogens with zero attached hydrogens (tertiary/aromatic N) is 1. The van der Waals surface area contributed by atoms with Crippen LogP contribution < -0.4 is 0 Å². The topological polar surface area (TPSA) is 30.0 Å². The van der Waals surface area contributed by atoms with Crippen LogP contribution in [0.1, 0.15) is 114 Å². The number of hydrogen-bond donors (Lipinski definition) is 0. The van der Waals surface area contributed by atoms with Crippen molar-refractivity contribution in [1.29, 1.82) is 0 Å². The standard InChI is InChI=1S/C22H37NO/c1-2-3-4-5-6-7-8-9-10-11-12-13-14-15-18-22(24)21-17-16-19-23-20-21/h16-17,19-20H,2-15,18H2,1H3. The van der Waals surface area contributed by atoms with Crippen LogP contribution in [-0.2, 0) is 0 Å². The molecule has 0 N–H and O–H groups in total. The van der Waals surface area contributed by atoms with Crippen LogP contribution in [0.15, 0.2) is 24.5 Å². The van der Waals surface area contributed by atoms with E-state index in [0.717, 1.165) is 12.0 Å². The molecule has 0 aliphatic carbocycles. The second-order valence-corrected chi connectivity index (χ2v) is 7.01. The van der Waals surface area contributed by atoms with Crippen LogP contribution >= 0.6 is 0 Å². The van der Waals surface area contributed by atoms with Crippen LogP contribution in [0.4, 0.5) is 0 Å². The van der Waals surface area contributed by atoms with E-state index in [4.69, 9.17) is 0 Å². The van der Waals surface area contributed by atoms with Crippen molar-refractivity contribution in [2.45, 2.75) is 103 Å². The van der Waals surface area contributed by atoms with Crippen molar-refractivity contribution in [1.82, 2.24) is 4.98 Å². The zero-order chi connectivity index (χ0) is 17.3. The van der Waals surface area contributed by atoms with Gasteiger partial charge in [0.05, 0.1) is 0 Å². The van der Waals surface area contributed by atoms with Gasteiger partial charge in [-0.25, -0.2) is 0 Å². The summed E-state index contributed by atoms with van der Waals surface area (Å²) in [7, 11) is 0. The molecular formula is C22H37NO. The van der Waals surface area contributed by atoms with Crippen LogP contribution in [0, 0.1) is 0 Å². The second-order valence-electron chi connectivity index (χ2n) is 7.01. The molecule has 24 heavy (non-hydrogen) atoms. The Morgan fingerprint density at radius 2 is 1.29 bits per heavy atom. The summed E-state index contributed by atoms with van der Waals surface area (Å²) in [6.07, 6.45) is 22.9. The Hall–Kier alpha value is -1.18. The molecule has 0 fully saturated rings. The lowest BCUT2D eigenvalue weighted by Gasteiger charge is -2.03. The van der Waals surface area contributed by atoms with Crippen LogP contribution in [0.5, 0.6) is 0 Å². The van der Waals surface area contributed by atoms with Crippen LogP contribution in [0.3, 0.4) is 0 Å². The zero-order valence-electron chi connectivity index (χ0n) is 15.8.